The Kier molecular flexibility index (Phi) is 4.41. The van der Waals surface area contributed by atoms with Crippen LogP contribution in [0.3, 0.4) is 0 Å². The van der Waals surface area contributed by atoms with E-state index in [9.17, 15) is 13.2 Å². The van der Waals surface area contributed by atoms with Crippen LogP contribution in [0.15, 0.2) is 34.5 Å². The van der Waals surface area contributed by atoms with Crippen molar-refractivity contribution in [2.45, 2.75) is 50.1 Å². The molecule has 1 saturated carbocycles. The van der Waals surface area contributed by atoms with Gasteiger partial charge < -0.3 is 4.90 Å². The van der Waals surface area contributed by atoms with E-state index in [1.807, 2.05) is 18.7 Å². The Balaban J connectivity index is 1.65. The summed E-state index contributed by atoms with van der Waals surface area (Å²) in [5.74, 6) is -0.102. The molecule has 1 amide bonds. The van der Waals surface area contributed by atoms with Crippen molar-refractivity contribution < 1.29 is 13.2 Å². The molecule has 1 aromatic heterocycles. The van der Waals surface area contributed by atoms with Crippen LogP contribution < -0.4 is 4.72 Å². The summed E-state index contributed by atoms with van der Waals surface area (Å²) in [6.07, 6.45) is 2.61. The molecule has 1 N–H and O–H groups in total. The van der Waals surface area contributed by atoms with E-state index in [1.165, 1.54) is 16.5 Å². The van der Waals surface area contributed by atoms with Crippen LogP contribution in [0, 0.1) is 6.92 Å². The molecular weight excluding hydrogens is 368 g/mol. The molecule has 1 aromatic carbocycles. The second kappa shape index (κ2) is 6.48. The number of rotatable bonds is 4. The van der Waals surface area contributed by atoms with E-state index < -0.39 is 10.0 Å². The van der Waals surface area contributed by atoms with Gasteiger partial charge in [-0.05, 0) is 67.8 Å². The summed E-state index contributed by atoms with van der Waals surface area (Å²) < 4.78 is 27.7. The number of hydrogen-bond donors (Lipinski definition) is 1. The lowest BCUT2D eigenvalue weighted by Gasteiger charge is -2.34. The minimum Gasteiger partial charge on any atom is -0.331 e. The van der Waals surface area contributed by atoms with Gasteiger partial charge in [-0.2, -0.15) is 0 Å². The van der Waals surface area contributed by atoms with Gasteiger partial charge in [0.05, 0.1) is 10.9 Å². The van der Waals surface area contributed by atoms with E-state index in [2.05, 4.69) is 16.2 Å². The minimum absolute atomic E-state index is 0.00162. The topological polar surface area (TPSA) is 66.5 Å². The third-order valence-electron chi connectivity index (χ3n) is 5.19. The van der Waals surface area contributed by atoms with E-state index in [4.69, 9.17) is 0 Å². The smallest absolute Gasteiger partial charge is 0.254 e. The molecule has 4 rings (SSSR count). The SMILES string of the molecule is Cc1ccc(S(=O)(=O)NC2CC2)cc1C(=O)N1CCc2sccc2[C@@H]1C. The zero-order valence-corrected chi connectivity index (χ0v) is 16.5. The molecule has 2 aliphatic rings. The molecule has 5 nitrogen and oxygen atoms in total. The van der Waals surface area contributed by atoms with Gasteiger partial charge in [0.15, 0.2) is 0 Å². The average molecular weight is 391 g/mol. The second-order valence-electron chi connectivity index (χ2n) is 7.10. The maximum Gasteiger partial charge on any atom is 0.254 e. The Morgan fingerprint density at radius 3 is 2.77 bits per heavy atom. The van der Waals surface area contributed by atoms with Gasteiger partial charge in [0.2, 0.25) is 10.0 Å². The monoisotopic (exact) mass is 390 g/mol. The van der Waals surface area contributed by atoms with E-state index in [0.717, 1.165) is 24.8 Å². The summed E-state index contributed by atoms with van der Waals surface area (Å²) in [6, 6.07) is 6.95. The summed E-state index contributed by atoms with van der Waals surface area (Å²) in [5.41, 5.74) is 2.46. The fraction of sp³-hybridized carbons (Fsp3) is 0.421. The van der Waals surface area contributed by atoms with Crippen molar-refractivity contribution in [1.29, 1.82) is 0 Å². The van der Waals surface area contributed by atoms with Crippen LogP contribution in [0.2, 0.25) is 0 Å². The zero-order valence-electron chi connectivity index (χ0n) is 14.9. The maximum absolute atomic E-state index is 13.2. The number of amides is 1. The van der Waals surface area contributed by atoms with Gasteiger partial charge in [-0.25, -0.2) is 13.1 Å². The maximum atomic E-state index is 13.2. The highest BCUT2D eigenvalue weighted by Gasteiger charge is 2.31. The second-order valence-corrected chi connectivity index (χ2v) is 9.81. The Bertz CT molecular complexity index is 961. The standard InChI is InChI=1S/C19H22N2O3S2/c1-12-3-6-15(26(23,24)20-14-4-5-14)11-17(12)19(22)21-9-7-18-16(13(21)2)8-10-25-18/h3,6,8,10-11,13-14,20H,4-5,7,9H2,1-2H3/t13-/m0/s1. The van der Waals surface area contributed by atoms with E-state index >= 15 is 0 Å². The summed E-state index contributed by atoms with van der Waals surface area (Å²) in [7, 11) is -3.57. The summed E-state index contributed by atoms with van der Waals surface area (Å²) in [5, 5.41) is 2.07. The number of carbonyl (C=O) groups excluding carboxylic acids is 1. The molecule has 26 heavy (non-hydrogen) atoms. The Morgan fingerprint density at radius 2 is 2.04 bits per heavy atom. The van der Waals surface area contributed by atoms with Gasteiger partial charge in [-0.15, -0.1) is 11.3 Å². The van der Waals surface area contributed by atoms with Crippen LogP contribution >= 0.6 is 11.3 Å². The highest BCUT2D eigenvalue weighted by Crippen LogP contribution is 2.34. The summed E-state index contributed by atoms with van der Waals surface area (Å²) >= 11 is 1.73. The van der Waals surface area contributed by atoms with Gasteiger partial charge >= 0.3 is 0 Å². The molecule has 0 radical (unpaired) electrons. The van der Waals surface area contributed by atoms with Crippen molar-refractivity contribution in [3.63, 3.8) is 0 Å². The molecule has 7 heteroatoms. The van der Waals surface area contributed by atoms with Gasteiger partial charge in [0, 0.05) is 23.0 Å². The van der Waals surface area contributed by atoms with Crippen molar-refractivity contribution in [1.82, 2.24) is 9.62 Å². The third kappa shape index (κ3) is 3.19. The first-order valence-electron chi connectivity index (χ1n) is 8.87. The fourth-order valence-electron chi connectivity index (χ4n) is 3.43. The van der Waals surface area contributed by atoms with Gasteiger partial charge in [-0.3, -0.25) is 4.79 Å². The van der Waals surface area contributed by atoms with Gasteiger partial charge in [-0.1, -0.05) is 6.07 Å². The molecule has 1 aliphatic heterocycles. The Labute approximate surface area is 158 Å². The van der Waals surface area contributed by atoms with Crippen LogP contribution in [0.1, 0.15) is 52.2 Å². The molecule has 1 atom stereocenters. The van der Waals surface area contributed by atoms with E-state index in [-0.39, 0.29) is 22.9 Å². The number of fused-ring (bicyclic) bond motifs is 1. The van der Waals surface area contributed by atoms with Crippen molar-refractivity contribution >= 4 is 27.3 Å². The number of sulfonamides is 1. The number of aryl methyl sites for hydroxylation is 1. The van der Waals surface area contributed by atoms with Gasteiger partial charge in [0.25, 0.3) is 5.91 Å². The normalized spacial score (nSPS) is 20.1. The van der Waals surface area contributed by atoms with Crippen LogP contribution in [0.25, 0.3) is 0 Å². The highest BCUT2D eigenvalue weighted by atomic mass is 32.2. The molecule has 2 aromatic rings. The molecular formula is C19H22N2O3S2. The number of carbonyl (C=O) groups is 1. The third-order valence-corrected chi connectivity index (χ3v) is 7.70. The van der Waals surface area contributed by atoms with Crippen molar-refractivity contribution in [2.24, 2.45) is 0 Å². The molecule has 0 spiro atoms. The molecule has 1 aliphatic carbocycles. The molecule has 0 saturated heterocycles. The first kappa shape index (κ1) is 17.7. The number of hydrogen-bond acceptors (Lipinski definition) is 4. The number of benzene rings is 1. The Hall–Kier alpha value is -1.70. The zero-order chi connectivity index (χ0) is 18.5. The van der Waals surface area contributed by atoms with Crippen molar-refractivity contribution in [2.75, 3.05) is 6.54 Å². The number of thiophene rings is 1. The van der Waals surface area contributed by atoms with E-state index in [1.54, 1.807) is 23.5 Å². The van der Waals surface area contributed by atoms with Crippen LogP contribution in [0.4, 0.5) is 0 Å². The first-order valence-corrected chi connectivity index (χ1v) is 11.2. The predicted molar refractivity (Wildman–Crippen MR) is 102 cm³/mol. The lowest BCUT2D eigenvalue weighted by molar-refractivity contribution is 0.0678. The fourth-order valence-corrected chi connectivity index (χ4v) is 5.72. The Morgan fingerprint density at radius 1 is 1.27 bits per heavy atom. The summed E-state index contributed by atoms with van der Waals surface area (Å²) in [4.78, 5) is 16.5. The molecule has 0 unspecified atom stereocenters. The molecule has 2 heterocycles. The molecule has 1 fully saturated rings. The quantitative estimate of drug-likeness (QED) is 0.871. The largest absolute Gasteiger partial charge is 0.331 e. The number of nitrogens with one attached hydrogen (secondary N) is 1. The molecule has 0 bridgehead atoms. The predicted octanol–water partition coefficient (Wildman–Crippen LogP) is 3.26. The first-order chi connectivity index (χ1) is 12.4. The van der Waals surface area contributed by atoms with Crippen LogP contribution in [0.5, 0.6) is 0 Å². The molecule has 138 valence electrons. The van der Waals surface area contributed by atoms with E-state index in [0.29, 0.717) is 12.1 Å². The summed E-state index contributed by atoms with van der Waals surface area (Å²) in [6.45, 7) is 4.54. The minimum atomic E-state index is -3.57. The highest BCUT2D eigenvalue weighted by molar-refractivity contribution is 7.89. The number of nitrogens with zero attached hydrogens (tertiary/aromatic N) is 1. The van der Waals surface area contributed by atoms with Crippen molar-refractivity contribution in [3.8, 4) is 0 Å². The van der Waals surface area contributed by atoms with Crippen LogP contribution in [-0.2, 0) is 16.4 Å². The van der Waals surface area contributed by atoms with Crippen LogP contribution in [-0.4, -0.2) is 31.8 Å². The lowest BCUT2D eigenvalue weighted by Crippen LogP contribution is -2.38. The lowest BCUT2D eigenvalue weighted by atomic mass is 9.99. The van der Waals surface area contributed by atoms with Crippen molar-refractivity contribution in [3.05, 3.63) is 51.2 Å². The average Bonchev–Trinajstić information content (AvgIpc) is 3.26. The van der Waals surface area contributed by atoms with Gasteiger partial charge in [0.1, 0.15) is 0 Å².